The van der Waals surface area contributed by atoms with Crippen LogP contribution in [0.5, 0.6) is 5.75 Å². The van der Waals surface area contributed by atoms with Crippen molar-refractivity contribution in [2.45, 2.75) is 25.0 Å². The second kappa shape index (κ2) is 11.2. The first kappa shape index (κ1) is 25.3. The molecule has 1 aromatic heterocycles. The summed E-state index contributed by atoms with van der Waals surface area (Å²) in [5, 5.41) is 0. The van der Waals surface area contributed by atoms with E-state index in [4.69, 9.17) is 9.47 Å². The standard InChI is InChI=1S/C27H28N2O2.2ClH/c1-30-26-9-8-23(22-10-13-28-14-11-22)16-25(26)24-17-27(31-19-24)12-5-15-29(20-27)18-21-6-3-2-4-7-21;;/h2-4,6-11,13-14,16-17H,5,12,15,18-20H2,1H3;2*1H. The Morgan fingerprint density at radius 1 is 1.00 bits per heavy atom. The molecule has 6 heteroatoms. The fraction of sp³-hybridized carbons (Fsp3) is 0.296. The summed E-state index contributed by atoms with van der Waals surface area (Å²) >= 11 is 0. The minimum absolute atomic E-state index is 0. The van der Waals surface area contributed by atoms with Gasteiger partial charge < -0.3 is 9.47 Å². The van der Waals surface area contributed by atoms with Crippen LogP contribution in [0.4, 0.5) is 0 Å². The molecule has 0 bridgehead atoms. The van der Waals surface area contributed by atoms with Crippen LogP contribution in [0.3, 0.4) is 0 Å². The number of likely N-dealkylation sites (tertiary alicyclic amines) is 1. The van der Waals surface area contributed by atoms with Gasteiger partial charge in [-0.1, -0.05) is 36.4 Å². The molecule has 1 spiro atoms. The average molecular weight is 485 g/mol. The zero-order chi connectivity index (χ0) is 21.1. The lowest BCUT2D eigenvalue weighted by molar-refractivity contribution is -0.0328. The summed E-state index contributed by atoms with van der Waals surface area (Å²) in [4.78, 5) is 6.65. The Balaban J connectivity index is 0.00000153. The van der Waals surface area contributed by atoms with E-state index in [0.29, 0.717) is 6.61 Å². The van der Waals surface area contributed by atoms with Gasteiger partial charge in [-0.15, -0.1) is 24.8 Å². The number of rotatable bonds is 5. The summed E-state index contributed by atoms with van der Waals surface area (Å²) < 4.78 is 12.2. The summed E-state index contributed by atoms with van der Waals surface area (Å²) in [7, 11) is 1.74. The second-order valence-electron chi connectivity index (χ2n) is 8.47. The van der Waals surface area contributed by atoms with Crippen molar-refractivity contribution in [1.82, 2.24) is 9.88 Å². The molecule has 174 valence electrons. The van der Waals surface area contributed by atoms with Crippen molar-refractivity contribution in [2.75, 3.05) is 26.8 Å². The van der Waals surface area contributed by atoms with E-state index in [1.54, 1.807) is 7.11 Å². The highest BCUT2D eigenvalue weighted by Crippen LogP contribution is 2.40. The zero-order valence-corrected chi connectivity index (χ0v) is 20.4. The first-order chi connectivity index (χ1) is 15.2. The van der Waals surface area contributed by atoms with Gasteiger partial charge in [-0.3, -0.25) is 9.88 Å². The van der Waals surface area contributed by atoms with Gasteiger partial charge in [-0.05, 0) is 72.0 Å². The Morgan fingerprint density at radius 3 is 2.55 bits per heavy atom. The van der Waals surface area contributed by atoms with Gasteiger partial charge in [-0.2, -0.15) is 0 Å². The van der Waals surface area contributed by atoms with Gasteiger partial charge in [0.25, 0.3) is 0 Å². The number of nitrogens with zero attached hydrogens (tertiary/aromatic N) is 2. The predicted octanol–water partition coefficient (Wildman–Crippen LogP) is 6.05. The molecule has 2 aliphatic heterocycles. The molecular weight excluding hydrogens is 455 g/mol. The normalized spacial score (nSPS) is 20.0. The average Bonchev–Trinajstić information content (AvgIpc) is 3.22. The molecule has 0 amide bonds. The molecule has 0 saturated carbocycles. The van der Waals surface area contributed by atoms with Crippen molar-refractivity contribution in [3.8, 4) is 16.9 Å². The van der Waals surface area contributed by atoms with E-state index in [-0.39, 0.29) is 30.4 Å². The highest BCUT2D eigenvalue weighted by atomic mass is 35.5. The molecule has 33 heavy (non-hydrogen) atoms. The minimum atomic E-state index is -0.208. The number of hydrogen-bond acceptors (Lipinski definition) is 4. The number of pyridine rings is 1. The van der Waals surface area contributed by atoms with Crippen LogP contribution in [0.2, 0.25) is 0 Å². The lowest BCUT2D eigenvalue weighted by Gasteiger charge is -2.38. The van der Waals surface area contributed by atoms with Crippen LogP contribution >= 0.6 is 24.8 Å². The van der Waals surface area contributed by atoms with Crippen molar-refractivity contribution in [1.29, 1.82) is 0 Å². The lowest BCUT2D eigenvalue weighted by Crippen LogP contribution is -2.46. The maximum Gasteiger partial charge on any atom is 0.126 e. The first-order valence-corrected chi connectivity index (χ1v) is 11.0. The molecule has 4 nitrogen and oxygen atoms in total. The molecule has 2 aromatic carbocycles. The first-order valence-electron chi connectivity index (χ1n) is 11.0. The van der Waals surface area contributed by atoms with E-state index in [2.05, 4.69) is 64.5 Å². The van der Waals surface area contributed by atoms with Crippen LogP contribution in [0.25, 0.3) is 16.7 Å². The Labute approximate surface area is 208 Å². The number of benzene rings is 2. The smallest absolute Gasteiger partial charge is 0.126 e. The summed E-state index contributed by atoms with van der Waals surface area (Å²) in [6.07, 6.45) is 8.22. The summed E-state index contributed by atoms with van der Waals surface area (Å²) in [6.45, 7) is 3.63. The maximum atomic E-state index is 6.46. The topological polar surface area (TPSA) is 34.6 Å². The van der Waals surface area contributed by atoms with Crippen LogP contribution in [0.1, 0.15) is 24.0 Å². The van der Waals surface area contributed by atoms with Crippen molar-refractivity contribution in [3.05, 3.63) is 90.3 Å². The number of aromatic nitrogens is 1. The largest absolute Gasteiger partial charge is 0.496 e. The van der Waals surface area contributed by atoms with Crippen molar-refractivity contribution < 1.29 is 9.47 Å². The van der Waals surface area contributed by atoms with Crippen molar-refractivity contribution in [3.63, 3.8) is 0 Å². The van der Waals surface area contributed by atoms with Gasteiger partial charge in [-0.25, -0.2) is 0 Å². The molecule has 3 aromatic rings. The Morgan fingerprint density at radius 2 is 1.79 bits per heavy atom. The van der Waals surface area contributed by atoms with Gasteiger partial charge in [0.15, 0.2) is 0 Å². The van der Waals surface area contributed by atoms with E-state index >= 15 is 0 Å². The highest BCUT2D eigenvalue weighted by Gasteiger charge is 2.39. The van der Waals surface area contributed by atoms with E-state index in [0.717, 1.165) is 54.9 Å². The number of hydrogen-bond donors (Lipinski definition) is 0. The molecular formula is C27H30Cl2N2O2. The van der Waals surface area contributed by atoms with E-state index in [1.165, 1.54) is 11.1 Å². The lowest BCUT2D eigenvalue weighted by atomic mass is 9.90. The van der Waals surface area contributed by atoms with Crippen LogP contribution < -0.4 is 4.74 Å². The maximum absolute atomic E-state index is 6.46. The fourth-order valence-electron chi connectivity index (χ4n) is 4.81. The molecule has 1 unspecified atom stereocenters. The van der Waals surface area contributed by atoms with Gasteiger partial charge in [0, 0.05) is 31.0 Å². The third-order valence-electron chi connectivity index (χ3n) is 6.33. The monoisotopic (exact) mass is 484 g/mol. The van der Waals surface area contributed by atoms with Crippen molar-refractivity contribution >= 4 is 30.4 Å². The fourth-order valence-corrected chi connectivity index (χ4v) is 4.81. The van der Waals surface area contributed by atoms with E-state index in [1.807, 2.05) is 24.5 Å². The van der Waals surface area contributed by atoms with Crippen LogP contribution in [0.15, 0.2) is 79.1 Å². The van der Waals surface area contributed by atoms with Gasteiger partial charge >= 0.3 is 0 Å². The summed E-state index contributed by atoms with van der Waals surface area (Å²) in [5.41, 5.74) is 5.80. The molecule has 2 aliphatic rings. The molecule has 1 fully saturated rings. The van der Waals surface area contributed by atoms with Crippen LogP contribution in [0, 0.1) is 0 Å². The van der Waals surface area contributed by atoms with Gasteiger partial charge in [0.1, 0.15) is 11.4 Å². The number of piperidine rings is 1. The molecule has 0 N–H and O–H groups in total. The van der Waals surface area contributed by atoms with Crippen molar-refractivity contribution in [2.24, 2.45) is 0 Å². The summed E-state index contributed by atoms with van der Waals surface area (Å²) in [6, 6.07) is 21.1. The second-order valence-corrected chi connectivity index (χ2v) is 8.47. The quantitative estimate of drug-likeness (QED) is 0.441. The number of halogens is 2. The van der Waals surface area contributed by atoms with Gasteiger partial charge in [0.05, 0.1) is 13.7 Å². The molecule has 3 heterocycles. The SMILES string of the molecule is COc1ccc(-c2ccncc2)cc1C1=CC2(CCCN(Cc3ccccc3)C2)OC1.Cl.Cl. The summed E-state index contributed by atoms with van der Waals surface area (Å²) in [5.74, 6) is 0.890. The molecule has 0 aliphatic carbocycles. The Kier molecular flexibility index (Phi) is 8.55. The van der Waals surface area contributed by atoms with Crippen LogP contribution in [-0.4, -0.2) is 42.3 Å². The Hall–Kier alpha value is -2.37. The predicted molar refractivity (Wildman–Crippen MR) is 138 cm³/mol. The minimum Gasteiger partial charge on any atom is -0.496 e. The number of methoxy groups -OCH3 is 1. The highest BCUT2D eigenvalue weighted by molar-refractivity contribution is 5.85. The van der Waals surface area contributed by atoms with E-state index < -0.39 is 0 Å². The Bertz CT molecular complexity index is 1080. The molecule has 1 atom stereocenters. The molecule has 5 rings (SSSR count). The van der Waals surface area contributed by atoms with Gasteiger partial charge in [0.2, 0.25) is 0 Å². The van der Waals surface area contributed by atoms with Crippen LogP contribution in [-0.2, 0) is 11.3 Å². The zero-order valence-electron chi connectivity index (χ0n) is 18.8. The third-order valence-corrected chi connectivity index (χ3v) is 6.33. The third kappa shape index (κ3) is 5.59. The molecule has 0 radical (unpaired) electrons. The number of ether oxygens (including phenoxy) is 2. The molecule has 1 saturated heterocycles. The van der Waals surface area contributed by atoms with E-state index in [9.17, 15) is 0 Å².